The molecule has 0 spiro atoms. The maximum Gasteiger partial charge on any atom is 0.405 e. The van der Waals surface area contributed by atoms with E-state index in [0.29, 0.717) is 13.2 Å². The first-order chi connectivity index (χ1) is 6.90. The number of nitrogens with one attached hydrogen (secondary N) is 1. The van der Waals surface area contributed by atoms with Crippen molar-refractivity contribution in [2.45, 2.75) is 13.1 Å². The van der Waals surface area contributed by atoms with Crippen LogP contribution in [0.25, 0.3) is 0 Å². The monoisotopic (exact) mass is 228 g/mol. The number of hydrogen-bond donors (Lipinski definition) is 1. The Hall–Kier alpha value is -0.980. The molecular formula is C8H15F3N2O2. The predicted molar refractivity (Wildman–Crippen MR) is 48.6 cm³/mol. The van der Waals surface area contributed by atoms with E-state index in [9.17, 15) is 18.0 Å². The zero-order valence-electron chi connectivity index (χ0n) is 8.73. The summed E-state index contributed by atoms with van der Waals surface area (Å²) < 4.78 is 40.1. The van der Waals surface area contributed by atoms with Gasteiger partial charge in [0.1, 0.15) is 6.54 Å². The third-order valence-corrected chi connectivity index (χ3v) is 1.67. The second kappa shape index (κ2) is 6.49. The highest BCUT2D eigenvalue weighted by Crippen LogP contribution is 2.12. The number of alkyl halides is 3. The second-order valence-corrected chi connectivity index (χ2v) is 2.85. The Kier molecular flexibility index (Phi) is 6.07. The van der Waals surface area contributed by atoms with Gasteiger partial charge in [-0.2, -0.15) is 13.2 Å². The highest BCUT2D eigenvalue weighted by atomic mass is 19.4. The van der Waals surface area contributed by atoms with Crippen molar-refractivity contribution in [3.63, 3.8) is 0 Å². The summed E-state index contributed by atoms with van der Waals surface area (Å²) in [4.78, 5) is 12.4. The lowest BCUT2D eigenvalue weighted by Crippen LogP contribution is -2.44. The first kappa shape index (κ1) is 14.0. The van der Waals surface area contributed by atoms with Gasteiger partial charge in [0.2, 0.25) is 0 Å². The minimum absolute atomic E-state index is 0.274. The fraction of sp³-hybridized carbons (Fsp3) is 0.875. The van der Waals surface area contributed by atoms with Gasteiger partial charge in [-0.05, 0) is 6.92 Å². The average Bonchev–Trinajstić information content (AvgIpc) is 2.15. The molecule has 7 heteroatoms. The molecule has 0 heterocycles. The number of urea groups is 1. The summed E-state index contributed by atoms with van der Waals surface area (Å²) in [5.41, 5.74) is 0. The van der Waals surface area contributed by atoms with Gasteiger partial charge in [0.15, 0.2) is 0 Å². The van der Waals surface area contributed by atoms with Crippen LogP contribution < -0.4 is 5.32 Å². The quantitative estimate of drug-likeness (QED) is 0.768. The van der Waals surface area contributed by atoms with Crippen LogP contribution in [-0.2, 0) is 4.74 Å². The molecule has 15 heavy (non-hydrogen) atoms. The van der Waals surface area contributed by atoms with Crippen LogP contribution in [0.3, 0.4) is 0 Å². The molecule has 0 saturated heterocycles. The van der Waals surface area contributed by atoms with E-state index in [1.54, 1.807) is 12.2 Å². The molecule has 0 unspecified atom stereocenters. The Balaban J connectivity index is 3.94. The summed E-state index contributed by atoms with van der Waals surface area (Å²) in [6.45, 7) is 1.29. The Labute approximate surface area is 86.4 Å². The Morgan fingerprint density at radius 3 is 2.47 bits per heavy atom. The van der Waals surface area contributed by atoms with Gasteiger partial charge in [0, 0.05) is 20.2 Å². The van der Waals surface area contributed by atoms with E-state index in [1.165, 1.54) is 12.0 Å². The van der Waals surface area contributed by atoms with Crippen molar-refractivity contribution in [2.24, 2.45) is 0 Å². The fourth-order valence-electron chi connectivity index (χ4n) is 0.892. The molecule has 0 atom stereocenters. The largest absolute Gasteiger partial charge is 0.405 e. The van der Waals surface area contributed by atoms with Crippen molar-refractivity contribution in [3.8, 4) is 0 Å². The minimum atomic E-state index is -4.38. The summed E-state index contributed by atoms with van der Waals surface area (Å²) in [6, 6.07) is -0.730. The van der Waals surface area contributed by atoms with E-state index in [1.807, 2.05) is 0 Å². The van der Waals surface area contributed by atoms with Crippen LogP contribution in [0.4, 0.5) is 18.0 Å². The van der Waals surface area contributed by atoms with Crippen molar-refractivity contribution in [1.29, 1.82) is 0 Å². The summed E-state index contributed by atoms with van der Waals surface area (Å²) in [7, 11) is 1.46. The molecule has 90 valence electrons. The van der Waals surface area contributed by atoms with Crippen molar-refractivity contribution >= 4 is 6.03 Å². The SMILES string of the molecule is CCN(CCOC)C(=O)NCC(F)(F)F. The Morgan fingerprint density at radius 2 is 2.07 bits per heavy atom. The number of methoxy groups -OCH3 is 1. The van der Waals surface area contributed by atoms with E-state index >= 15 is 0 Å². The normalized spacial score (nSPS) is 11.3. The van der Waals surface area contributed by atoms with E-state index in [2.05, 4.69) is 0 Å². The number of hydrogen-bond acceptors (Lipinski definition) is 2. The van der Waals surface area contributed by atoms with Crippen LogP contribution in [0, 0.1) is 0 Å². The number of carbonyl (C=O) groups is 1. The number of halogens is 3. The molecule has 0 bridgehead atoms. The van der Waals surface area contributed by atoms with Crippen molar-refractivity contribution in [3.05, 3.63) is 0 Å². The first-order valence-electron chi connectivity index (χ1n) is 4.49. The van der Waals surface area contributed by atoms with E-state index < -0.39 is 18.8 Å². The molecule has 0 aliphatic heterocycles. The molecule has 0 aromatic rings. The lowest BCUT2D eigenvalue weighted by molar-refractivity contribution is -0.123. The second-order valence-electron chi connectivity index (χ2n) is 2.85. The number of carbonyl (C=O) groups excluding carboxylic acids is 1. The highest BCUT2D eigenvalue weighted by Gasteiger charge is 2.28. The average molecular weight is 228 g/mol. The van der Waals surface area contributed by atoms with Crippen LogP contribution in [0.5, 0.6) is 0 Å². The molecule has 0 aliphatic carbocycles. The van der Waals surface area contributed by atoms with Gasteiger partial charge >= 0.3 is 12.2 Å². The number of nitrogens with zero attached hydrogens (tertiary/aromatic N) is 1. The summed E-state index contributed by atoms with van der Waals surface area (Å²) >= 11 is 0. The summed E-state index contributed by atoms with van der Waals surface area (Å²) in [5, 5.41) is 1.79. The van der Waals surface area contributed by atoms with Crippen molar-refractivity contribution < 1.29 is 22.7 Å². The molecule has 1 N–H and O–H groups in total. The number of amides is 2. The van der Waals surface area contributed by atoms with Crippen molar-refractivity contribution in [1.82, 2.24) is 10.2 Å². The van der Waals surface area contributed by atoms with Gasteiger partial charge < -0.3 is 15.0 Å². The van der Waals surface area contributed by atoms with E-state index in [4.69, 9.17) is 4.74 Å². The molecule has 2 amide bonds. The molecule has 0 rings (SSSR count). The molecule has 4 nitrogen and oxygen atoms in total. The molecule has 0 aromatic carbocycles. The summed E-state index contributed by atoms with van der Waals surface area (Å²) in [5.74, 6) is 0. The van der Waals surface area contributed by atoms with Crippen molar-refractivity contribution in [2.75, 3.05) is 33.4 Å². The fourth-order valence-corrected chi connectivity index (χ4v) is 0.892. The minimum Gasteiger partial charge on any atom is -0.383 e. The standard InChI is InChI=1S/C8H15F3N2O2/c1-3-13(4-5-15-2)7(14)12-6-8(9,10)11/h3-6H2,1-2H3,(H,12,14). The Morgan fingerprint density at radius 1 is 1.47 bits per heavy atom. The van der Waals surface area contributed by atoms with Crippen LogP contribution in [0.2, 0.25) is 0 Å². The zero-order valence-corrected chi connectivity index (χ0v) is 8.73. The van der Waals surface area contributed by atoms with Gasteiger partial charge in [-0.25, -0.2) is 4.79 Å². The maximum absolute atomic E-state index is 11.8. The van der Waals surface area contributed by atoms with Gasteiger partial charge in [-0.15, -0.1) is 0 Å². The number of ether oxygens (including phenoxy) is 1. The summed E-state index contributed by atoms with van der Waals surface area (Å²) in [6.07, 6.45) is -4.38. The highest BCUT2D eigenvalue weighted by molar-refractivity contribution is 5.74. The first-order valence-corrected chi connectivity index (χ1v) is 4.49. The molecule has 0 radical (unpaired) electrons. The third-order valence-electron chi connectivity index (χ3n) is 1.67. The molecule has 0 saturated carbocycles. The third kappa shape index (κ3) is 7.01. The molecule has 0 fully saturated rings. The van der Waals surface area contributed by atoms with Crippen LogP contribution in [-0.4, -0.2) is 50.5 Å². The van der Waals surface area contributed by atoms with Gasteiger partial charge in [-0.3, -0.25) is 0 Å². The van der Waals surface area contributed by atoms with Gasteiger partial charge in [-0.1, -0.05) is 0 Å². The smallest absolute Gasteiger partial charge is 0.383 e. The van der Waals surface area contributed by atoms with Crippen LogP contribution in [0.15, 0.2) is 0 Å². The maximum atomic E-state index is 11.8. The zero-order chi connectivity index (χ0) is 11.9. The predicted octanol–water partition coefficient (Wildman–Crippen LogP) is 1.23. The lowest BCUT2D eigenvalue weighted by atomic mass is 10.5. The topological polar surface area (TPSA) is 41.6 Å². The van der Waals surface area contributed by atoms with E-state index in [-0.39, 0.29) is 6.54 Å². The van der Waals surface area contributed by atoms with Gasteiger partial charge in [0.25, 0.3) is 0 Å². The number of likely N-dealkylation sites (N-methyl/N-ethyl adjacent to an activating group) is 1. The molecular weight excluding hydrogens is 213 g/mol. The van der Waals surface area contributed by atoms with Crippen LogP contribution >= 0.6 is 0 Å². The van der Waals surface area contributed by atoms with E-state index in [0.717, 1.165) is 0 Å². The van der Waals surface area contributed by atoms with Gasteiger partial charge in [0.05, 0.1) is 6.61 Å². The number of rotatable bonds is 5. The van der Waals surface area contributed by atoms with Crippen LogP contribution in [0.1, 0.15) is 6.92 Å². The lowest BCUT2D eigenvalue weighted by Gasteiger charge is -2.21. The molecule has 0 aromatic heterocycles. The molecule has 0 aliphatic rings. The Bertz CT molecular complexity index is 197.